The predicted molar refractivity (Wildman–Crippen MR) is 53.8 cm³/mol. The van der Waals surface area contributed by atoms with Crippen LogP contribution >= 0.6 is 0 Å². The van der Waals surface area contributed by atoms with E-state index in [-0.39, 0.29) is 5.60 Å². The van der Waals surface area contributed by atoms with Gasteiger partial charge in [-0.1, -0.05) is 5.16 Å². The van der Waals surface area contributed by atoms with Gasteiger partial charge in [0.2, 0.25) is 0 Å². The second-order valence-corrected chi connectivity index (χ2v) is 4.77. The van der Waals surface area contributed by atoms with Crippen LogP contribution < -0.4 is 5.32 Å². The highest BCUT2D eigenvalue weighted by Crippen LogP contribution is 2.40. The van der Waals surface area contributed by atoms with Gasteiger partial charge in [-0.2, -0.15) is 0 Å². The Morgan fingerprint density at radius 3 is 2.50 bits per heavy atom. The molecule has 2 heterocycles. The lowest BCUT2D eigenvalue weighted by Gasteiger charge is -2.34. The first-order valence-electron chi connectivity index (χ1n) is 5.20. The summed E-state index contributed by atoms with van der Waals surface area (Å²) in [4.78, 5) is 0. The lowest BCUT2D eigenvalue weighted by atomic mass is 9.88. The van der Waals surface area contributed by atoms with Crippen LogP contribution in [0.5, 0.6) is 0 Å². The van der Waals surface area contributed by atoms with Crippen molar-refractivity contribution in [1.82, 2.24) is 5.32 Å². The highest BCUT2D eigenvalue weighted by Gasteiger charge is 2.49. The number of nitrogens with one attached hydrogen (secondary N) is 1. The van der Waals surface area contributed by atoms with Gasteiger partial charge in [0.05, 0.1) is 11.3 Å². The van der Waals surface area contributed by atoms with E-state index in [1.807, 2.05) is 13.8 Å². The molecule has 4 heteroatoms. The Balaban J connectivity index is 2.18. The molecular formula is C10H18N2O2. The van der Waals surface area contributed by atoms with E-state index < -0.39 is 5.60 Å². The van der Waals surface area contributed by atoms with Gasteiger partial charge in [0.1, 0.15) is 5.60 Å². The minimum Gasteiger partial charge on any atom is -0.411 e. The summed E-state index contributed by atoms with van der Waals surface area (Å²) in [7, 11) is 0. The summed E-state index contributed by atoms with van der Waals surface area (Å²) in [5, 5.41) is 15.6. The lowest BCUT2D eigenvalue weighted by molar-refractivity contribution is -0.0906. The molecule has 0 bridgehead atoms. The maximum atomic E-state index is 8.91. The van der Waals surface area contributed by atoms with E-state index in [9.17, 15) is 0 Å². The van der Waals surface area contributed by atoms with Crippen LogP contribution in [0.1, 0.15) is 33.1 Å². The zero-order valence-corrected chi connectivity index (χ0v) is 8.84. The molecule has 14 heavy (non-hydrogen) atoms. The molecule has 2 rings (SSSR count). The maximum absolute atomic E-state index is 8.91. The molecule has 2 fully saturated rings. The average molecular weight is 198 g/mol. The molecule has 2 aliphatic heterocycles. The van der Waals surface area contributed by atoms with E-state index in [1.165, 1.54) is 0 Å². The number of ether oxygens (including phenoxy) is 1. The molecule has 0 amide bonds. The highest BCUT2D eigenvalue weighted by molar-refractivity contribution is 5.94. The topological polar surface area (TPSA) is 53.8 Å². The third-order valence-corrected chi connectivity index (χ3v) is 3.29. The molecular weight excluding hydrogens is 180 g/mol. The number of piperidine rings is 1. The van der Waals surface area contributed by atoms with Crippen molar-refractivity contribution in [3.63, 3.8) is 0 Å². The first-order valence-corrected chi connectivity index (χ1v) is 5.20. The fourth-order valence-corrected chi connectivity index (χ4v) is 2.47. The second-order valence-electron chi connectivity index (χ2n) is 4.77. The van der Waals surface area contributed by atoms with Gasteiger partial charge >= 0.3 is 0 Å². The largest absolute Gasteiger partial charge is 0.411 e. The Hall–Kier alpha value is -0.610. The molecule has 0 radical (unpaired) electrons. The molecule has 0 atom stereocenters. The van der Waals surface area contributed by atoms with Crippen LogP contribution in [0, 0.1) is 0 Å². The molecule has 1 spiro atoms. The quantitative estimate of drug-likeness (QED) is 0.453. The number of hydrogen-bond donors (Lipinski definition) is 2. The Morgan fingerprint density at radius 2 is 2.00 bits per heavy atom. The van der Waals surface area contributed by atoms with Gasteiger partial charge in [0.15, 0.2) is 0 Å². The number of rotatable bonds is 0. The summed E-state index contributed by atoms with van der Waals surface area (Å²) in [6.45, 7) is 5.93. The van der Waals surface area contributed by atoms with Crippen molar-refractivity contribution in [2.75, 3.05) is 13.1 Å². The number of nitrogens with zero attached hydrogens (tertiary/aromatic N) is 1. The SMILES string of the molecule is CC1(C)OC2(CCNCC2)C/C1=N\O. The van der Waals surface area contributed by atoms with Gasteiger partial charge < -0.3 is 15.3 Å². The highest BCUT2D eigenvalue weighted by atomic mass is 16.5. The van der Waals surface area contributed by atoms with Gasteiger partial charge in [-0.3, -0.25) is 0 Å². The molecule has 0 saturated carbocycles. The number of hydrogen-bond acceptors (Lipinski definition) is 4. The van der Waals surface area contributed by atoms with E-state index in [1.54, 1.807) is 0 Å². The van der Waals surface area contributed by atoms with Crippen LogP contribution in [0.3, 0.4) is 0 Å². The number of oxime groups is 1. The van der Waals surface area contributed by atoms with Crippen molar-refractivity contribution in [3.05, 3.63) is 0 Å². The van der Waals surface area contributed by atoms with E-state index in [0.717, 1.165) is 38.1 Å². The standard InChI is InChI=1S/C10H18N2O2/c1-9(2)8(12-13)7-10(14-9)3-5-11-6-4-10/h11,13H,3-7H2,1-2H3/b12-8+. The van der Waals surface area contributed by atoms with Gasteiger partial charge in [0, 0.05) is 6.42 Å². The predicted octanol–water partition coefficient (Wildman–Crippen LogP) is 1.14. The minimum atomic E-state index is -0.397. The smallest absolute Gasteiger partial charge is 0.105 e. The fraction of sp³-hybridized carbons (Fsp3) is 0.900. The third kappa shape index (κ3) is 1.53. The van der Waals surface area contributed by atoms with Crippen molar-refractivity contribution in [2.24, 2.45) is 5.16 Å². The van der Waals surface area contributed by atoms with Crippen molar-refractivity contribution >= 4 is 5.71 Å². The van der Waals surface area contributed by atoms with Gasteiger partial charge in [-0.25, -0.2) is 0 Å². The molecule has 0 aliphatic carbocycles. The Bertz CT molecular complexity index is 255. The summed E-state index contributed by atoms with van der Waals surface area (Å²) in [5.41, 5.74) is 0.307. The summed E-state index contributed by atoms with van der Waals surface area (Å²) < 4.78 is 6.05. The van der Waals surface area contributed by atoms with Crippen LogP contribution in [-0.4, -0.2) is 35.2 Å². The summed E-state index contributed by atoms with van der Waals surface area (Å²) in [6, 6.07) is 0. The first-order chi connectivity index (χ1) is 6.58. The van der Waals surface area contributed by atoms with Crippen LogP contribution in [0.15, 0.2) is 5.16 Å². The van der Waals surface area contributed by atoms with E-state index in [4.69, 9.17) is 9.94 Å². The van der Waals surface area contributed by atoms with Crippen molar-refractivity contribution in [2.45, 2.75) is 44.3 Å². The van der Waals surface area contributed by atoms with Crippen LogP contribution in [-0.2, 0) is 4.74 Å². The van der Waals surface area contributed by atoms with E-state index in [0.29, 0.717) is 0 Å². The van der Waals surface area contributed by atoms with Crippen LogP contribution in [0.2, 0.25) is 0 Å². The molecule has 2 N–H and O–H groups in total. The van der Waals surface area contributed by atoms with Crippen LogP contribution in [0.25, 0.3) is 0 Å². The summed E-state index contributed by atoms with van der Waals surface area (Å²) in [5.74, 6) is 0. The molecule has 0 aromatic rings. The van der Waals surface area contributed by atoms with E-state index >= 15 is 0 Å². The Labute approximate surface area is 84.3 Å². The summed E-state index contributed by atoms with van der Waals surface area (Å²) >= 11 is 0. The fourth-order valence-electron chi connectivity index (χ4n) is 2.47. The van der Waals surface area contributed by atoms with Crippen molar-refractivity contribution in [3.8, 4) is 0 Å². The van der Waals surface area contributed by atoms with Gasteiger partial charge in [-0.05, 0) is 39.8 Å². The molecule has 2 saturated heterocycles. The van der Waals surface area contributed by atoms with Crippen molar-refractivity contribution in [1.29, 1.82) is 0 Å². The Kier molecular flexibility index (Phi) is 2.27. The molecule has 0 unspecified atom stereocenters. The van der Waals surface area contributed by atoms with E-state index in [2.05, 4.69) is 10.5 Å². The van der Waals surface area contributed by atoms with Gasteiger partial charge in [0.25, 0.3) is 0 Å². The van der Waals surface area contributed by atoms with Crippen LogP contribution in [0.4, 0.5) is 0 Å². The third-order valence-electron chi connectivity index (χ3n) is 3.29. The first kappa shape index (κ1) is 9.93. The lowest BCUT2D eigenvalue weighted by Crippen LogP contribution is -2.43. The van der Waals surface area contributed by atoms with Crippen molar-refractivity contribution < 1.29 is 9.94 Å². The second kappa shape index (κ2) is 3.21. The average Bonchev–Trinajstić information content (AvgIpc) is 2.38. The molecule has 80 valence electrons. The zero-order chi connectivity index (χ0) is 10.2. The maximum Gasteiger partial charge on any atom is 0.105 e. The molecule has 0 aromatic heterocycles. The minimum absolute atomic E-state index is 0.0731. The molecule has 4 nitrogen and oxygen atoms in total. The van der Waals surface area contributed by atoms with Gasteiger partial charge in [-0.15, -0.1) is 0 Å². The summed E-state index contributed by atoms with van der Waals surface area (Å²) in [6.07, 6.45) is 2.79. The molecule has 2 aliphatic rings. The molecule has 0 aromatic carbocycles. The normalized spacial score (nSPS) is 32.6. The monoisotopic (exact) mass is 198 g/mol. The zero-order valence-electron chi connectivity index (χ0n) is 8.84. The Morgan fingerprint density at radius 1 is 1.36 bits per heavy atom.